The highest BCUT2D eigenvalue weighted by Gasteiger charge is 2.18. The molecule has 0 radical (unpaired) electrons. The second-order valence-corrected chi connectivity index (χ2v) is 9.00. The van der Waals surface area contributed by atoms with E-state index in [0.717, 1.165) is 24.8 Å². The zero-order valence-corrected chi connectivity index (χ0v) is 16.1. The van der Waals surface area contributed by atoms with Gasteiger partial charge >= 0.3 is 0 Å². The molecule has 0 bridgehead atoms. The summed E-state index contributed by atoms with van der Waals surface area (Å²) in [4.78, 5) is 0. The van der Waals surface area contributed by atoms with Crippen LogP contribution in [0.5, 0.6) is 0 Å². The van der Waals surface area contributed by atoms with Crippen LogP contribution in [-0.2, 0) is 23.8 Å². The first kappa shape index (κ1) is 19.3. The molecule has 2 aromatic carbocycles. The average molecular weight is 354 g/mol. The molecule has 0 N–H and O–H groups in total. The van der Waals surface area contributed by atoms with Gasteiger partial charge in [0.05, 0.1) is 4.75 Å². The van der Waals surface area contributed by atoms with Crippen molar-refractivity contribution in [1.29, 1.82) is 0 Å². The van der Waals surface area contributed by atoms with Crippen molar-refractivity contribution in [3.05, 3.63) is 83.4 Å². The SMILES string of the molecule is CC(C)(C)[S@](=O)/N=C/C(=C/CCc1ccccc1)Cc1ccccc1. The van der Waals surface area contributed by atoms with Crippen LogP contribution in [0, 0.1) is 0 Å². The third-order valence-corrected chi connectivity index (χ3v) is 5.12. The Morgan fingerprint density at radius 2 is 1.52 bits per heavy atom. The highest BCUT2D eigenvalue weighted by atomic mass is 32.2. The van der Waals surface area contributed by atoms with Gasteiger partial charge in [0.2, 0.25) is 0 Å². The third kappa shape index (κ3) is 7.18. The first-order chi connectivity index (χ1) is 11.9. The zero-order valence-electron chi connectivity index (χ0n) is 15.3. The molecular formula is C22H27NOS. The Kier molecular flexibility index (Phi) is 7.32. The molecular weight excluding hydrogens is 326 g/mol. The molecule has 2 nitrogen and oxygen atoms in total. The molecule has 0 spiro atoms. The van der Waals surface area contributed by atoms with Crippen molar-refractivity contribution in [3.8, 4) is 0 Å². The highest BCUT2D eigenvalue weighted by Crippen LogP contribution is 2.14. The number of benzene rings is 2. The summed E-state index contributed by atoms with van der Waals surface area (Å²) in [5.74, 6) is 0. The molecule has 0 aromatic heterocycles. The van der Waals surface area contributed by atoms with E-state index in [2.05, 4.69) is 46.9 Å². The van der Waals surface area contributed by atoms with Crippen molar-refractivity contribution in [2.45, 2.75) is 44.8 Å². The van der Waals surface area contributed by atoms with Crippen LogP contribution in [0.2, 0.25) is 0 Å². The Labute approximate surface area is 154 Å². The maximum atomic E-state index is 12.2. The quantitative estimate of drug-likeness (QED) is 0.619. The van der Waals surface area contributed by atoms with Crippen molar-refractivity contribution in [3.63, 3.8) is 0 Å². The van der Waals surface area contributed by atoms with Crippen molar-refractivity contribution in [2.75, 3.05) is 0 Å². The Balaban J connectivity index is 2.09. The highest BCUT2D eigenvalue weighted by molar-refractivity contribution is 7.85. The topological polar surface area (TPSA) is 29.4 Å². The van der Waals surface area contributed by atoms with Crippen molar-refractivity contribution >= 4 is 17.2 Å². The fraction of sp³-hybridized carbons (Fsp3) is 0.318. The largest absolute Gasteiger partial charge is 0.234 e. The van der Waals surface area contributed by atoms with Crippen LogP contribution in [0.15, 0.2) is 76.7 Å². The van der Waals surface area contributed by atoms with Crippen molar-refractivity contribution < 1.29 is 4.21 Å². The molecule has 0 fully saturated rings. The van der Waals surface area contributed by atoms with Gasteiger partial charge in [0, 0.05) is 6.21 Å². The normalized spacial score (nSPS) is 14.0. The molecule has 2 aromatic rings. The number of hydrogen-bond acceptors (Lipinski definition) is 1. The molecule has 0 heterocycles. The van der Waals surface area contributed by atoms with Gasteiger partial charge in [-0.1, -0.05) is 66.7 Å². The van der Waals surface area contributed by atoms with Gasteiger partial charge in [-0.15, -0.1) is 0 Å². The predicted molar refractivity (Wildman–Crippen MR) is 109 cm³/mol. The Morgan fingerprint density at radius 1 is 0.960 bits per heavy atom. The third-order valence-electron chi connectivity index (χ3n) is 3.77. The van der Waals surface area contributed by atoms with E-state index in [9.17, 15) is 4.21 Å². The lowest BCUT2D eigenvalue weighted by Gasteiger charge is -2.13. The van der Waals surface area contributed by atoms with E-state index < -0.39 is 11.0 Å². The molecule has 0 aliphatic heterocycles. The van der Waals surface area contributed by atoms with Crippen LogP contribution in [0.3, 0.4) is 0 Å². The Bertz CT molecular complexity index is 728. The van der Waals surface area contributed by atoms with Gasteiger partial charge in [-0.3, -0.25) is 0 Å². The predicted octanol–water partition coefficient (Wildman–Crippen LogP) is 5.32. The number of aryl methyl sites for hydroxylation is 1. The lowest BCUT2D eigenvalue weighted by molar-refractivity contribution is 0.651. The van der Waals surface area contributed by atoms with Gasteiger partial charge in [0.15, 0.2) is 0 Å². The minimum Gasteiger partial charge on any atom is -0.234 e. The molecule has 0 amide bonds. The summed E-state index contributed by atoms with van der Waals surface area (Å²) in [7, 11) is -1.23. The second-order valence-electron chi connectivity index (χ2n) is 7.06. The number of rotatable bonds is 7. The van der Waals surface area contributed by atoms with E-state index in [0.29, 0.717) is 0 Å². The average Bonchev–Trinajstić information content (AvgIpc) is 2.60. The molecule has 0 aliphatic carbocycles. The number of allylic oxidation sites excluding steroid dienone is 2. The summed E-state index contributed by atoms with van der Waals surface area (Å²) in [6, 6.07) is 20.8. The van der Waals surface area contributed by atoms with E-state index in [1.807, 2.05) is 45.0 Å². The van der Waals surface area contributed by atoms with Crippen LogP contribution < -0.4 is 0 Å². The summed E-state index contributed by atoms with van der Waals surface area (Å²) < 4.78 is 16.2. The van der Waals surface area contributed by atoms with Gasteiger partial charge in [0.1, 0.15) is 11.0 Å². The van der Waals surface area contributed by atoms with Gasteiger partial charge in [-0.25, -0.2) is 4.21 Å². The van der Waals surface area contributed by atoms with Crippen molar-refractivity contribution in [2.24, 2.45) is 4.40 Å². The smallest absolute Gasteiger partial charge is 0.144 e. The van der Waals surface area contributed by atoms with Gasteiger partial charge < -0.3 is 0 Å². The zero-order chi connectivity index (χ0) is 18.1. The van der Waals surface area contributed by atoms with E-state index in [1.165, 1.54) is 11.1 Å². The maximum Gasteiger partial charge on any atom is 0.144 e. The molecule has 0 saturated carbocycles. The monoisotopic (exact) mass is 353 g/mol. The summed E-state index contributed by atoms with van der Waals surface area (Å²) in [5, 5.41) is 0. The van der Waals surface area contributed by atoms with Crippen LogP contribution in [0.4, 0.5) is 0 Å². The summed E-state index contributed by atoms with van der Waals surface area (Å²) >= 11 is 0. The standard InChI is InChI=1S/C22H27NOS/c1-22(2,3)25(24)23-18-21(17-20-13-8-5-9-14-20)16-10-15-19-11-6-4-7-12-19/h4-9,11-14,16,18H,10,15,17H2,1-3H3/b21-16+,23-18+/t25-/m0/s1. The Morgan fingerprint density at radius 3 is 2.08 bits per heavy atom. The minimum atomic E-state index is -1.23. The van der Waals surface area contributed by atoms with Gasteiger partial charge in [-0.05, 0) is 56.7 Å². The van der Waals surface area contributed by atoms with E-state index >= 15 is 0 Å². The molecule has 1 atom stereocenters. The van der Waals surface area contributed by atoms with Crippen LogP contribution in [0.1, 0.15) is 38.3 Å². The first-order valence-electron chi connectivity index (χ1n) is 8.68. The van der Waals surface area contributed by atoms with E-state index in [-0.39, 0.29) is 4.75 Å². The van der Waals surface area contributed by atoms with Crippen molar-refractivity contribution in [1.82, 2.24) is 0 Å². The van der Waals surface area contributed by atoms with Gasteiger partial charge in [-0.2, -0.15) is 4.40 Å². The van der Waals surface area contributed by atoms with Crippen LogP contribution >= 0.6 is 0 Å². The second kappa shape index (κ2) is 9.47. The lowest BCUT2D eigenvalue weighted by Crippen LogP contribution is -2.19. The van der Waals surface area contributed by atoms with Crippen LogP contribution in [0.25, 0.3) is 0 Å². The molecule has 0 saturated heterocycles. The minimum absolute atomic E-state index is 0.335. The fourth-order valence-electron chi connectivity index (χ4n) is 2.34. The molecule has 0 aliphatic rings. The number of nitrogens with zero attached hydrogens (tertiary/aromatic N) is 1. The fourth-order valence-corrected chi connectivity index (χ4v) is 2.89. The first-order valence-corrected chi connectivity index (χ1v) is 9.79. The maximum absolute atomic E-state index is 12.2. The van der Waals surface area contributed by atoms with E-state index in [4.69, 9.17) is 0 Å². The lowest BCUT2D eigenvalue weighted by atomic mass is 10.0. The summed E-state index contributed by atoms with van der Waals surface area (Å²) in [5.41, 5.74) is 3.68. The van der Waals surface area contributed by atoms with Gasteiger partial charge in [0.25, 0.3) is 0 Å². The van der Waals surface area contributed by atoms with E-state index in [1.54, 1.807) is 6.21 Å². The summed E-state index contributed by atoms with van der Waals surface area (Å²) in [6.07, 6.45) is 6.75. The van der Waals surface area contributed by atoms with Crippen LogP contribution in [-0.4, -0.2) is 15.2 Å². The Hall–Kier alpha value is -2.00. The molecule has 0 unspecified atom stereocenters. The molecule has 132 valence electrons. The number of hydrogen-bond donors (Lipinski definition) is 0. The molecule has 2 rings (SSSR count). The summed E-state index contributed by atoms with van der Waals surface area (Å²) in [6.45, 7) is 5.82. The molecule has 3 heteroatoms. The molecule has 25 heavy (non-hydrogen) atoms.